The molecule has 0 spiro atoms. The van der Waals surface area contributed by atoms with Crippen molar-refractivity contribution in [2.24, 2.45) is 5.92 Å². The Morgan fingerprint density at radius 1 is 1.40 bits per heavy atom. The molecule has 1 heteroatoms. The fourth-order valence-corrected chi connectivity index (χ4v) is 1.42. The molecule has 0 bridgehead atoms. The first-order valence-corrected chi connectivity index (χ1v) is 3.90. The van der Waals surface area contributed by atoms with Gasteiger partial charge in [0.05, 0.1) is 0 Å². The summed E-state index contributed by atoms with van der Waals surface area (Å²) in [6.45, 7) is 7.89. The van der Waals surface area contributed by atoms with Crippen molar-refractivity contribution in [3.8, 4) is 0 Å². The van der Waals surface area contributed by atoms with Gasteiger partial charge in [-0.15, -0.1) is 0 Å². The highest BCUT2D eigenvalue weighted by Crippen LogP contribution is 2.30. The second-order valence-corrected chi connectivity index (χ2v) is 3.54. The summed E-state index contributed by atoms with van der Waals surface area (Å²) < 4.78 is 0. The number of nitrogens with one attached hydrogen (secondary N) is 1. The highest BCUT2D eigenvalue weighted by atomic mass is 14.9. The summed E-state index contributed by atoms with van der Waals surface area (Å²) >= 11 is 0. The van der Waals surface area contributed by atoms with Crippen molar-refractivity contribution in [2.75, 3.05) is 0 Å². The van der Waals surface area contributed by atoms with Crippen LogP contribution >= 0.6 is 0 Å². The van der Waals surface area contributed by atoms with Gasteiger partial charge in [0.2, 0.25) is 0 Å². The fourth-order valence-electron chi connectivity index (χ4n) is 1.42. The van der Waals surface area contributed by atoms with Gasteiger partial charge >= 0.3 is 0 Å². The molecule has 1 aliphatic carbocycles. The van der Waals surface area contributed by atoms with E-state index in [4.69, 9.17) is 14.0 Å². The molecule has 4 radical (unpaired) electrons. The molecule has 1 fully saturated rings. The van der Waals surface area contributed by atoms with Crippen LogP contribution in [-0.4, -0.2) is 5.54 Å². The van der Waals surface area contributed by atoms with E-state index < -0.39 is 0 Å². The van der Waals surface area contributed by atoms with Gasteiger partial charge < -0.3 is 5.32 Å². The quantitative estimate of drug-likeness (QED) is 0.544. The van der Waals surface area contributed by atoms with Crippen LogP contribution in [0.1, 0.15) is 32.6 Å². The van der Waals surface area contributed by atoms with Gasteiger partial charge in [-0.05, 0) is 45.4 Å². The third kappa shape index (κ3) is 1.72. The lowest BCUT2D eigenvalue weighted by Crippen LogP contribution is -2.41. The van der Waals surface area contributed by atoms with E-state index in [2.05, 4.69) is 12.2 Å². The third-order valence-corrected chi connectivity index (χ3v) is 2.48. The normalized spacial score (nSPS) is 41.7. The van der Waals surface area contributed by atoms with Gasteiger partial charge in [0.15, 0.2) is 0 Å². The van der Waals surface area contributed by atoms with E-state index in [1.54, 1.807) is 0 Å². The maximum absolute atomic E-state index is 5.74. The zero-order valence-corrected chi connectivity index (χ0v) is 6.56. The van der Waals surface area contributed by atoms with E-state index in [0.29, 0.717) is 5.92 Å². The highest BCUT2D eigenvalue weighted by Gasteiger charge is 2.27. The Morgan fingerprint density at radius 3 is 2.30 bits per heavy atom. The van der Waals surface area contributed by atoms with Gasteiger partial charge in [-0.25, -0.2) is 0 Å². The summed E-state index contributed by atoms with van der Waals surface area (Å²) in [5.41, 5.74) is 0.149. The summed E-state index contributed by atoms with van der Waals surface area (Å²) in [7, 11) is 5.39. The lowest BCUT2D eigenvalue weighted by Gasteiger charge is -2.35. The molecule has 1 rings (SSSR count). The molecule has 0 amide bonds. The second kappa shape index (κ2) is 2.91. The molecule has 0 aliphatic heterocycles. The zero-order valence-electron chi connectivity index (χ0n) is 6.56. The van der Waals surface area contributed by atoms with E-state index >= 15 is 0 Å². The van der Waals surface area contributed by atoms with Crippen LogP contribution in [0, 0.1) is 19.9 Å². The van der Waals surface area contributed by atoms with Crippen molar-refractivity contribution in [1.82, 2.24) is 5.32 Å². The van der Waals surface area contributed by atoms with Crippen LogP contribution in [0.2, 0.25) is 0 Å². The van der Waals surface area contributed by atoms with Crippen molar-refractivity contribution < 1.29 is 0 Å². The first-order chi connectivity index (χ1) is 4.66. The Morgan fingerprint density at radius 2 is 1.90 bits per heavy atom. The molecule has 0 aromatic heterocycles. The summed E-state index contributed by atoms with van der Waals surface area (Å²) in [5, 5.41) is 2.85. The van der Waals surface area contributed by atoms with E-state index in [1.807, 2.05) is 0 Å². The number of rotatable bonds is 1. The maximum Gasteiger partial charge on any atom is 0.0412 e. The highest BCUT2D eigenvalue weighted by molar-refractivity contribution is 4.89. The van der Waals surface area contributed by atoms with Crippen LogP contribution in [0.3, 0.4) is 0 Å². The Hall–Kier alpha value is -0.0400. The van der Waals surface area contributed by atoms with Crippen LogP contribution in [0.4, 0.5) is 0 Å². The van der Waals surface area contributed by atoms with Gasteiger partial charge in [0.1, 0.15) is 0 Å². The third-order valence-electron chi connectivity index (χ3n) is 2.48. The maximum atomic E-state index is 5.74. The number of hydrogen-bond acceptors (Lipinski definition) is 1. The van der Waals surface area contributed by atoms with Crippen molar-refractivity contribution >= 4 is 0 Å². The molecular weight excluding hydrogens is 122 g/mol. The van der Waals surface area contributed by atoms with Crippen LogP contribution in [0.15, 0.2) is 0 Å². The van der Waals surface area contributed by atoms with Crippen molar-refractivity contribution in [3.63, 3.8) is 0 Å². The first-order valence-electron chi connectivity index (χ1n) is 3.90. The summed E-state index contributed by atoms with van der Waals surface area (Å²) in [5.74, 6) is 0.404. The lowest BCUT2D eigenvalue weighted by atomic mass is 9.78. The van der Waals surface area contributed by atoms with Crippen LogP contribution in [0.5, 0.6) is 0 Å². The molecule has 10 heavy (non-hydrogen) atoms. The Kier molecular flexibility index (Phi) is 2.35. The van der Waals surface area contributed by atoms with Gasteiger partial charge in [-0.3, -0.25) is 0 Å². The molecule has 1 nitrogen and oxygen atoms in total. The molecule has 0 aromatic rings. The molecule has 0 unspecified atom stereocenters. The minimum absolute atomic E-state index is 0.149. The Bertz CT molecular complexity index is 101. The predicted octanol–water partition coefficient (Wildman–Crippen LogP) is 1.90. The van der Waals surface area contributed by atoms with Crippen LogP contribution in [-0.2, 0) is 0 Å². The second-order valence-electron chi connectivity index (χ2n) is 3.54. The number of hydrogen-bond donors (Lipinski definition) is 1. The van der Waals surface area contributed by atoms with Crippen LogP contribution < -0.4 is 5.32 Å². The molecule has 1 N–H and O–H groups in total. The minimum atomic E-state index is 0.149. The Labute approximate surface area is 64.2 Å². The molecule has 0 aromatic carbocycles. The summed E-state index contributed by atoms with van der Waals surface area (Å²) in [6.07, 6.45) is 4.40. The standard InChI is InChI=1S/C9H15N/c1-8-4-6-9(2,10-3)7-5-8/h1,3,8,10H,4-7H2,2H3. The van der Waals surface area contributed by atoms with Gasteiger partial charge in [0, 0.05) is 12.6 Å². The largest absolute Gasteiger partial charge is 0.306 e. The average molecular weight is 137 g/mol. The van der Waals surface area contributed by atoms with Crippen molar-refractivity contribution in [2.45, 2.75) is 38.1 Å². The minimum Gasteiger partial charge on any atom is -0.306 e. The van der Waals surface area contributed by atoms with E-state index in [1.165, 1.54) is 0 Å². The van der Waals surface area contributed by atoms with Gasteiger partial charge in [0.25, 0.3) is 0 Å². The molecule has 1 saturated carbocycles. The predicted molar refractivity (Wildman–Crippen MR) is 42.1 cm³/mol. The molecular formula is C9H15N. The zero-order chi connectivity index (χ0) is 7.61. The van der Waals surface area contributed by atoms with Gasteiger partial charge in [-0.1, -0.05) is 0 Å². The monoisotopic (exact) mass is 137 g/mol. The van der Waals surface area contributed by atoms with Crippen LogP contribution in [0.25, 0.3) is 0 Å². The average Bonchev–Trinajstić information content (AvgIpc) is 1.96. The van der Waals surface area contributed by atoms with Gasteiger partial charge in [-0.2, -0.15) is 0 Å². The van der Waals surface area contributed by atoms with Crippen molar-refractivity contribution in [3.05, 3.63) is 14.0 Å². The summed E-state index contributed by atoms with van der Waals surface area (Å²) in [4.78, 5) is 0. The smallest absolute Gasteiger partial charge is 0.0412 e. The molecule has 0 saturated heterocycles. The molecule has 1 aliphatic rings. The van der Waals surface area contributed by atoms with E-state index in [9.17, 15) is 0 Å². The summed E-state index contributed by atoms with van der Waals surface area (Å²) in [6, 6.07) is 0. The van der Waals surface area contributed by atoms with E-state index in [0.717, 1.165) is 25.7 Å². The SMILES string of the molecule is [CH]NC1(C)CCC([CH])CC1. The topological polar surface area (TPSA) is 12.0 Å². The lowest BCUT2D eigenvalue weighted by molar-refractivity contribution is 0.246. The fraction of sp³-hybridized carbons (Fsp3) is 0.778. The van der Waals surface area contributed by atoms with E-state index in [-0.39, 0.29) is 5.54 Å². The first kappa shape index (κ1) is 8.06. The molecule has 0 atom stereocenters. The molecule has 0 heterocycles. The Balaban J connectivity index is 2.38. The van der Waals surface area contributed by atoms with Crippen molar-refractivity contribution in [1.29, 1.82) is 0 Å². The molecule has 56 valence electrons.